The molecule has 2 heterocycles. The van der Waals surface area contributed by atoms with Crippen LogP contribution < -0.4 is 5.32 Å². The van der Waals surface area contributed by atoms with Crippen LogP contribution in [0.15, 0.2) is 15.9 Å². The molecule has 0 bridgehead atoms. The molecule has 1 N–H and O–H groups in total. The van der Waals surface area contributed by atoms with Gasteiger partial charge in [0.05, 0.1) is 0 Å². The number of thiophene rings is 1. The third kappa shape index (κ3) is 4.96. The standard InChI is InChI=1S/C16H25BrN2O2S/c1-11(14-8-12(17)10-22-14)18-9-13-6-5-7-19(13)15(20)21-16(2,3)4/h8,10-11,13,18H,5-7,9H2,1-4H3. The predicted molar refractivity (Wildman–Crippen MR) is 94.4 cm³/mol. The van der Waals surface area contributed by atoms with Gasteiger partial charge in [0, 0.05) is 39.9 Å². The molecular formula is C16H25BrN2O2S. The molecule has 6 heteroatoms. The number of amides is 1. The van der Waals surface area contributed by atoms with Crippen LogP contribution in [0.2, 0.25) is 0 Å². The van der Waals surface area contributed by atoms with Gasteiger partial charge in [0.15, 0.2) is 0 Å². The van der Waals surface area contributed by atoms with E-state index in [4.69, 9.17) is 4.74 Å². The number of hydrogen-bond donors (Lipinski definition) is 1. The summed E-state index contributed by atoms with van der Waals surface area (Å²) < 4.78 is 6.62. The summed E-state index contributed by atoms with van der Waals surface area (Å²) >= 11 is 5.23. The maximum absolute atomic E-state index is 12.3. The summed E-state index contributed by atoms with van der Waals surface area (Å²) in [5, 5.41) is 5.64. The normalized spacial score (nSPS) is 20.2. The number of halogens is 1. The molecule has 0 aliphatic carbocycles. The lowest BCUT2D eigenvalue weighted by molar-refractivity contribution is 0.0225. The average molecular weight is 389 g/mol. The fourth-order valence-electron chi connectivity index (χ4n) is 2.58. The number of hydrogen-bond acceptors (Lipinski definition) is 4. The van der Waals surface area contributed by atoms with Crippen LogP contribution in [0.25, 0.3) is 0 Å². The van der Waals surface area contributed by atoms with E-state index in [9.17, 15) is 4.79 Å². The lowest BCUT2D eigenvalue weighted by atomic mass is 10.2. The number of carbonyl (C=O) groups is 1. The van der Waals surface area contributed by atoms with Crippen LogP contribution in [0, 0.1) is 0 Å². The minimum Gasteiger partial charge on any atom is -0.444 e. The van der Waals surface area contributed by atoms with E-state index in [1.165, 1.54) is 4.88 Å². The molecule has 2 unspecified atom stereocenters. The zero-order valence-electron chi connectivity index (χ0n) is 13.7. The monoisotopic (exact) mass is 388 g/mol. The molecule has 0 spiro atoms. The fraction of sp³-hybridized carbons (Fsp3) is 0.688. The average Bonchev–Trinajstić information content (AvgIpc) is 3.02. The van der Waals surface area contributed by atoms with Crippen molar-refractivity contribution in [3.63, 3.8) is 0 Å². The molecule has 0 saturated carbocycles. The number of likely N-dealkylation sites (tertiary alicyclic amines) is 1. The summed E-state index contributed by atoms with van der Waals surface area (Å²) in [6.07, 6.45) is 1.89. The maximum atomic E-state index is 12.3. The van der Waals surface area contributed by atoms with Gasteiger partial charge in [-0.05, 0) is 62.5 Å². The Balaban J connectivity index is 1.87. The first-order valence-corrected chi connectivity index (χ1v) is 9.40. The lowest BCUT2D eigenvalue weighted by Gasteiger charge is -2.29. The van der Waals surface area contributed by atoms with Crippen molar-refractivity contribution < 1.29 is 9.53 Å². The number of carbonyl (C=O) groups excluding carboxylic acids is 1. The van der Waals surface area contributed by atoms with E-state index in [1.54, 1.807) is 11.3 Å². The number of rotatable bonds is 4. The molecule has 1 aliphatic rings. The van der Waals surface area contributed by atoms with E-state index in [0.29, 0.717) is 0 Å². The molecule has 2 atom stereocenters. The van der Waals surface area contributed by atoms with Crippen LogP contribution >= 0.6 is 27.3 Å². The minimum absolute atomic E-state index is 0.191. The van der Waals surface area contributed by atoms with Gasteiger partial charge in [-0.2, -0.15) is 0 Å². The van der Waals surface area contributed by atoms with Crippen molar-refractivity contribution in [1.29, 1.82) is 0 Å². The second-order valence-corrected chi connectivity index (χ2v) is 8.63. The third-order valence-corrected chi connectivity index (χ3v) is 5.56. The van der Waals surface area contributed by atoms with E-state index in [0.717, 1.165) is 30.4 Å². The highest BCUT2D eigenvalue weighted by Crippen LogP contribution is 2.26. The SMILES string of the molecule is CC(NCC1CCCN1C(=O)OC(C)(C)C)c1cc(Br)cs1. The van der Waals surface area contributed by atoms with Crippen molar-refractivity contribution in [2.45, 2.75) is 58.2 Å². The highest BCUT2D eigenvalue weighted by Gasteiger charge is 2.32. The van der Waals surface area contributed by atoms with E-state index in [1.807, 2.05) is 25.7 Å². The fourth-order valence-corrected chi connectivity index (χ4v) is 4.06. The predicted octanol–water partition coefficient (Wildman–Crippen LogP) is 4.56. The van der Waals surface area contributed by atoms with E-state index < -0.39 is 5.60 Å². The summed E-state index contributed by atoms with van der Waals surface area (Å²) in [7, 11) is 0. The molecule has 0 radical (unpaired) electrons. The van der Waals surface area contributed by atoms with Gasteiger partial charge in [0.1, 0.15) is 5.60 Å². The third-order valence-electron chi connectivity index (χ3n) is 3.68. The van der Waals surface area contributed by atoms with Crippen molar-refractivity contribution in [3.05, 3.63) is 20.8 Å². The smallest absolute Gasteiger partial charge is 0.410 e. The highest BCUT2D eigenvalue weighted by atomic mass is 79.9. The van der Waals surface area contributed by atoms with Gasteiger partial charge in [-0.3, -0.25) is 0 Å². The second kappa shape index (κ2) is 7.32. The summed E-state index contributed by atoms with van der Waals surface area (Å²) in [6.45, 7) is 9.47. The quantitative estimate of drug-likeness (QED) is 0.821. The molecular weight excluding hydrogens is 364 g/mol. The Morgan fingerprint density at radius 1 is 1.59 bits per heavy atom. The number of nitrogens with one attached hydrogen (secondary N) is 1. The Kier molecular flexibility index (Phi) is 5.91. The van der Waals surface area contributed by atoms with Gasteiger partial charge in [-0.15, -0.1) is 11.3 Å². The van der Waals surface area contributed by atoms with Gasteiger partial charge in [-0.25, -0.2) is 4.79 Å². The Hall–Kier alpha value is -0.590. The molecule has 22 heavy (non-hydrogen) atoms. The first-order chi connectivity index (χ1) is 10.3. The van der Waals surface area contributed by atoms with E-state index in [-0.39, 0.29) is 18.2 Å². The maximum Gasteiger partial charge on any atom is 0.410 e. The second-order valence-electron chi connectivity index (χ2n) is 6.77. The van der Waals surface area contributed by atoms with E-state index in [2.05, 4.69) is 39.6 Å². The summed E-state index contributed by atoms with van der Waals surface area (Å²) in [6, 6.07) is 2.65. The first kappa shape index (κ1) is 17.8. The van der Waals surface area contributed by atoms with Crippen LogP contribution in [0.4, 0.5) is 4.79 Å². The van der Waals surface area contributed by atoms with Gasteiger partial charge in [0.25, 0.3) is 0 Å². The van der Waals surface area contributed by atoms with Crippen LogP contribution in [-0.2, 0) is 4.74 Å². The lowest BCUT2D eigenvalue weighted by Crippen LogP contribution is -2.44. The molecule has 1 aliphatic heterocycles. The van der Waals surface area contributed by atoms with Gasteiger partial charge in [-0.1, -0.05) is 0 Å². The Bertz CT molecular complexity index is 512. The topological polar surface area (TPSA) is 41.6 Å². The van der Waals surface area contributed by atoms with Gasteiger partial charge >= 0.3 is 6.09 Å². The van der Waals surface area contributed by atoms with Gasteiger partial charge in [0.2, 0.25) is 0 Å². The van der Waals surface area contributed by atoms with Crippen LogP contribution in [0.1, 0.15) is 51.5 Å². The largest absolute Gasteiger partial charge is 0.444 e. The van der Waals surface area contributed by atoms with Crippen molar-refractivity contribution in [2.24, 2.45) is 0 Å². The molecule has 124 valence electrons. The van der Waals surface area contributed by atoms with Crippen LogP contribution in [0.3, 0.4) is 0 Å². The summed E-state index contributed by atoms with van der Waals surface area (Å²) in [5.41, 5.74) is -0.436. The molecule has 1 amide bonds. The summed E-state index contributed by atoms with van der Waals surface area (Å²) in [4.78, 5) is 15.4. The highest BCUT2D eigenvalue weighted by molar-refractivity contribution is 9.10. The van der Waals surface area contributed by atoms with Crippen molar-refractivity contribution in [1.82, 2.24) is 10.2 Å². The zero-order chi connectivity index (χ0) is 16.3. The summed E-state index contributed by atoms with van der Waals surface area (Å²) in [5.74, 6) is 0. The molecule has 1 aromatic rings. The molecule has 0 aromatic carbocycles. The Morgan fingerprint density at radius 3 is 2.91 bits per heavy atom. The Labute approximate surface area is 145 Å². The number of nitrogens with zero attached hydrogens (tertiary/aromatic N) is 1. The van der Waals surface area contributed by atoms with Crippen LogP contribution in [-0.4, -0.2) is 35.7 Å². The first-order valence-electron chi connectivity index (χ1n) is 7.73. The molecule has 2 rings (SSSR count). The Morgan fingerprint density at radius 2 is 2.32 bits per heavy atom. The van der Waals surface area contributed by atoms with Crippen LogP contribution in [0.5, 0.6) is 0 Å². The molecule has 1 fully saturated rings. The molecule has 1 aromatic heterocycles. The van der Waals surface area contributed by atoms with Crippen molar-refractivity contribution in [3.8, 4) is 0 Å². The zero-order valence-corrected chi connectivity index (χ0v) is 16.1. The van der Waals surface area contributed by atoms with Crippen molar-refractivity contribution >= 4 is 33.4 Å². The van der Waals surface area contributed by atoms with E-state index >= 15 is 0 Å². The number of ether oxygens (including phenoxy) is 1. The van der Waals surface area contributed by atoms with Gasteiger partial charge < -0.3 is 15.0 Å². The molecule has 1 saturated heterocycles. The molecule has 4 nitrogen and oxygen atoms in total. The van der Waals surface area contributed by atoms with Crippen molar-refractivity contribution in [2.75, 3.05) is 13.1 Å². The minimum atomic E-state index is -0.436.